The molecule has 0 saturated carbocycles. The molecule has 4 nitrogen and oxygen atoms in total. The van der Waals surface area contributed by atoms with Crippen LogP contribution in [0.4, 0.5) is 5.00 Å². The number of ether oxygens (including phenoxy) is 1. The Kier molecular flexibility index (Phi) is 4.86. The molecule has 0 aliphatic rings. The molecule has 0 saturated heterocycles. The Morgan fingerprint density at radius 1 is 1.08 bits per heavy atom. The smallest absolute Gasteiger partial charge is 0.341 e. The number of aryl methyl sites for hydroxylation is 2. The van der Waals surface area contributed by atoms with Crippen LogP contribution in [0.3, 0.4) is 0 Å². The van der Waals surface area contributed by atoms with Crippen molar-refractivity contribution >= 4 is 38.3 Å². The molecule has 128 valence electrons. The number of benzene rings is 2. The Bertz CT molecular complexity index is 959. The van der Waals surface area contributed by atoms with Crippen LogP contribution in [0.5, 0.6) is 0 Å². The molecule has 3 aromatic rings. The topological polar surface area (TPSA) is 55.4 Å². The molecule has 1 amide bonds. The van der Waals surface area contributed by atoms with E-state index in [1.54, 1.807) is 13.0 Å². The van der Waals surface area contributed by atoms with Crippen LogP contribution >= 0.6 is 11.3 Å². The zero-order chi connectivity index (χ0) is 18.0. The van der Waals surface area contributed by atoms with E-state index in [2.05, 4.69) is 5.32 Å². The minimum Gasteiger partial charge on any atom is -0.462 e. The highest BCUT2D eigenvalue weighted by Gasteiger charge is 2.22. The van der Waals surface area contributed by atoms with E-state index in [1.165, 1.54) is 11.3 Å². The Morgan fingerprint density at radius 2 is 1.84 bits per heavy atom. The number of esters is 1. The minimum absolute atomic E-state index is 0.236. The first-order chi connectivity index (χ1) is 12.0. The van der Waals surface area contributed by atoms with Crippen LogP contribution in [0.15, 0.2) is 42.5 Å². The second-order valence-corrected chi connectivity index (χ2v) is 6.83. The maximum absolute atomic E-state index is 12.6. The van der Waals surface area contributed by atoms with Gasteiger partial charge in [-0.05, 0) is 50.1 Å². The number of carbonyl (C=O) groups excluding carboxylic acids is 2. The molecule has 1 N–H and O–H groups in total. The van der Waals surface area contributed by atoms with Gasteiger partial charge in [-0.15, -0.1) is 11.3 Å². The zero-order valence-corrected chi connectivity index (χ0v) is 15.2. The van der Waals surface area contributed by atoms with E-state index in [-0.39, 0.29) is 12.5 Å². The summed E-state index contributed by atoms with van der Waals surface area (Å²) >= 11 is 1.38. The highest BCUT2D eigenvalue weighted by Crippen LogP contribution is 2.36. The summed E-state index contributed by atoms with van der Waals surface area (Å²) in [6.07, 6.45) is 0. The molecule has 3 rings (SSSR count). The first-order valence-electron chi connectivity index (χ1n) is 8.08. The summed E-state index contributed by atoms with van der Waals surface area (Å²) in [5, 5.41) is 4.19. The van der Waals surface area contributed by atoms with Gasteiger partial charge in [0, 0.05) is 15.6 Å². The number of nitrogens with one attached hydrogen (secondary N) is 1. The van der Waals surface area contributed by atoms with Crippen LogP contribution in [0.25, 0.3) is 10.1 Å². The maximum atomic E-state index is 12.6. The summed E-state index contributed by atoms with van der Waals surface area (Å²) in [5.74, 6) is -0.657. The molecule has 25 heavy (non-hydrogen) atoms. The summed E-state index contributed by atoms with van der Waals surface area (Å²) in [7, 11) is 0. The van der Waals surface area contributed by atoms with Gasteiger partial charge in [0.15, 0.2) is 0 Å². The third kappa shape index (κ3) is 3.42. The van der Waals surface area contributed by atoms with E-state index in [1.807, 2.05) is 50.2 Å². The number of carbonyl (C=O) groups is 2. The van der Waals surface area contributed by atoms with E-state index >= 15 is 0 Å². The fourth-order valence-corrected chi connectivity index (χ4v) is 3.68. The predicted octanol–water partition coefficient (Wildman–Crippen LogP) is 4.95. The van der Waals surface area contributed by atoms with Gasteiger partial charge in [-0.2, -0.15) is 0 Å². The van der Waals surface area contributed by atoms with Crippen molar-refractivity contribution in [3.63, 3.8) is 0 Å². The molecule has 0 aliphatic heterocycles. The largest absolute Gasteiger partial charge is 0.462 e. The lowest BCUT2D eigenvalue weighted by atomic mass is 10.1. The van der Waals surface area contributed by atoms with Crippen molar-refractivity contribution < 1.29 is 14.3 Å². The predicted molar refractivity (Wildman–Crippen MR) is 102 cm³/mol. The van der Waals surface area contributed by atoms with Crippen LogP contribution in [-0.2, 0) is 4.74 Å². The van der Waals surface area contributed by atoms with Crippen LogP contribution in [-0.4, -0.2) is 18.5 Å². The molecule has 0 radical (unpaired) electrons. The summed E-state index contributed by atoms with van der Waals surface area (Å²) in [4.78, 5) is 25.0. The van der Waals surface area contributed by atoms with Crippen LogP contribution in [0.1, 0.15) is 38.8 Å². The molecule has 2 aromatic carbocycles. The van der Waals surface area contributed by atoms with Gasteiger partial charge in [0.1, 0.15) is 10.6 Å². The van der Waals surface area contributed by atoms with Crippen LogP contribution < -0.4 is 5.32 Å². The van der Waals surface area contributed by atoms with Gasteiger partial charge < -0.3 is 10.1 Å². The molecule has 0 unspecified atom stereocenters. The van der Waals surface area contributed by atoms with Crippen molar-refractivity contribution in [2.24, 2.45) is 0 Å². The Balaban J connectivity index is 2.00. The van der Waals surface area contributed by atoms with Gasteiger partial charge in [0.05, 0.1) is 6.61 Å². The van der Waals surface area contributed by atoms with Gasteiger partial charge in [0.2, 0.25) is 0 Å². The van der Waals surface area contributed by atoms with E-state index < -0.39 is 5.97 Å². The lowest BCUT2D eigenvalue weighted by molar-refractivity contribution is 0.0530. The van der Waals surface area contributed by atoms with Crippen molar-refractivity contribution in [1.29, 1.82) is 0 Å². The van der Waals surface area contributed by atoms with E-state index in [9.17, 15) is 9.59 Å². The van der Waals surface area contributed by atoms with Crippen molar-refractivity contribution in [1.82, 2.24) is 0 Å². The molecule has 5 heteroatoms. The summed E-state index contributed by atoms with van der Waals surface area (Å²) in [6.45, 7) is 6.02. The number of amides is 1. The van der Waals surface area contributed by atoms with Crippen molar-refractivity contribution in [2.75, 3.05) is 11.9 Å². The number of hydrogen-bond donors (Lipinski definition) is 1. The number of rotatable bonds is 4. The second kappa shape index (κ2) is 7.07. The van der Waals surface area contributed by atoms with Crippen molar-refractivity contribution in [3.8, 4) is 0 Å². The molecule has 0 fully saturated rings. The number of fused-ring (bicyclic) bond motifs is 1. The monoisotopic (exact) mass is 353 g/mol. The first kappa shape index (κ1) is 17.2. The summed E-state index contributed by atoms with van der Waals surface area (Å²) < 4.78 is 6.11. The van der Waals surface area contributed by atoms with Crippen LogP contribution in [0.2, 0.25) is 0 Å². The lowest BCUT2D eigenvalue weighted by Crippen LogP contribution is -2.14. The standard InChI is InChI=1S/C20H19NO3S/c1-4-24-20(23)17-15-7-5-6-8-16(15)25-19(17)21-18(22)14-10-9-12(2)13(3)11-14/h5-11H,4H2,1-3H3,(H,21,22). The Morgan fingerprint density at radius 3 is 2.56 bits per heavy atom. The maximum Gasteiger partial charge on any atom is 0.341 e. The highest BCUT2D eigenvalue weighted by atomic mass is 32.1. The summed E-state index contributed by atoms with van der Waals surface area (Å²) in [5.41, 5.74) is 3.16. The molecule has 1 aromatic heterocycles. The van der Waals surface area contributed by atoms with Crippen molar-refractivity contribution in [2.45, 2.75) is 20.8 Å². The second-order valence-electron chi connectivity index (χ2n) is 5.78. The zero-order valence-electron chi connectivity index (χ0n) is 14.4. The van der Waals surface area contributed by atoms with Gasteiger partial charge in [0.25, 0.3) is 5.91 Å². The van der Waals surface area contributed by atoms with Gasteiger partial charge in [-0.3, -0.25) is 4.79 Å². The summed E-state index contributed by atoms with van der Waals surface area (Å²) in [6, 6.07) is 13.1. The average molecular weight is 353 g/mol. The third-order valence-corrected chi connectivity index (χ3v) is 5.16. The fourth-order valence-electron chi connectivity index (χ4n) is 2.60. The molecule has 0 spiro atoms. The van der Waals surface area contributed by atoms with Crippen LogP contribution in [0, 0.1) is 13.8 Å². The van der Waals surface area contributed by atoms with Gasteiger partial charge >= 0.3 is 5.97 Å². The number of thiophene rings is 1. The highest BCUT2D eigenvalue weighted by molar-refractivity contribution is 7.23. The lowest BCUT2D eigenvalue weighted by Gasteiger charge is -2.08. The molecular weight excluding hydrogens is 334 g/mol. The fraction of sp³-hybridized carbons (Fsp3) is 0.200. The van der Waals surface area contributed by atoms with Gasteiger partial charge in [-0.25, -0.2) is 4.79 Å². The average Bonchev–Trinajstić information content (AvgIpc) is 2.95. The van der Waals surface area contributed by atoms with E-state index in [4.69, 9.17) is 4.74 Å². The molecule has 0 aliphatic carbocycles. The Labute approximate surface area is 150 Å². The molecule has 1 heterocycles. The first-order valence-corrected chi connectivity index (χ1v) is 8.90. The number of hydrogen-bond acceptors (Lipinski definition) is 4. The molecular formula is C20H19NO3S. The van der Waals surface area contributed by atoms with Gasteiger partial charge in [-0.1, -0.05) is 24.3 Å². The quantitative estimate of drug-likeness (QED) is 0.675. The van der Waals surface area contributed by atoms with E-state index in [0.29, 0.717) is 16.1 Å². The van der Waals surface area contributed by atoms with Crippen molar-refractivity contribution in [3.05, 3.63) is 64.7 Å². The Hall–Kier alpha value is -2.66. The minimum atomic E-state index is -0.421. The van der Waals surface area contributed by atoms with E-state index in [0.717, 1.165) is 21.2 Å². The molecule has 0 bridgehead atoms. The normalized spacial score (nSPS) is 10.7. The third-order valence-electron chi connectivity index (χ3n) is 4.07. The molecule has 0 atom stereocenters. The number of anilines is 1. The SMILES string of the molecule is CCOC(=O)c1c(NC(=O)c2ccc(C)c(C)c2)sc2ccccc12.